The Hall–Kier alpha value is -1.02. The number of methoxy groups -OCH3 is 2. The lowest BCUT2D eigenvalue weighted by molar-refractivity contribution is -0.290. The lowest BCUT2D eigenvalue weighted by atomic mass is 9.94. The second-order valence-electron chi connectivity index (χ2n) is 7.39. The molecule has 0 amide bonds. The first kappa shape index (κ1) is 19.7. The molecule has 26 heavy (non-hydrogen) atoms. The normalized spacial score (nSPS) is 30.4. The number of benzene rings is 1. The summed E-state index contributed by atoms with van der Waals surface area (Å²) in [5.41, 5.74) is 1.14. The van der Waals surface area contributed by atoms with Gasteiger partial charge in [0.1, 0.15) is 6.10 Å². The number of hydrogen-bond donors (Lipinski definition) is 0. The van der Waals surface area contributed by atoms with E-state index < -0.39 is 11.6 Å². The summed E-state index contributed by atoms with van der Waals surface area (Å²) in [6.45, 7) is 5.34. The fourth-order valence-corrected chi connectivity index (χ4v) is 3.60. The summed E-state index contributed by atoms with van der Waals surface area (Å²) in [4.78, 5) is 0. The molecule has 2 aliphatic rings. The number of rotatable bonds is 7. The molecule has 0 aliphatic carbocycles. The average Bonchev–Trinajstić information content (AvgIpc) is 3.02. The van der Waals surface area contributed by atoms with E-state index in [-0.39, 0.29) is 18.3 Å². The largest absolute Gasteiger partial charge is 0.374 e. The summed E-state index contributed by atoms with van der Waals surface area (Å²) < 4.78 is 35.3. The van der Waals surface area contributed by atoms with Gasteiger partial charge in [-0.3, -0.25) is 0 Å². The first-order valence-electron chi connectivity index (χ1n) is 9.14. The van der Waals surface area contributed by atoms with Gasteiger partial charge in [-0.1, -0.05) is 30.3 Å². The highest BCUT2D eigenvalue weighted by Gasteiger charge is 2.48. The van der Waals surface area contributed by atoms with Crippen molar-refractivity contribution in [3.63, 3.8) is 0 Å². The molecule has 0 unspecified atom stereocenters. The SMILES string of the molecule is COC1(OC)C[C@H](COCc2ccccc2)O[C@H]([C@H]2COC(C)(C)O2)C1. The van der Waals surface area contributed by atoms with Gasteiger partial charge in [-0.25, -0.2) is 0 Å². The first-order valence-corrected chi connectivity index (χ1v) is 9.14. The van der Waals surface area contributed by atoms with E-state index in [0.717, 1.165) is 5.56 Å². The van der Waals surface area contributed by atoms with Crippen LogP contribution in [0.15, 0.2) is 30.3 Å². The van der Waals surface area contributed by atoms with Crippen LogP contribution in [0.1, 0.15) is 32.3 Å². The molecule has 1 aromatic rings. The van der Waals surface area contributed by atoms with Gasteiger partial charge < -0.3 is 28.4 Å². The summed E-state index contributed by atoms with van der Waals surface area (Å²) >= 11 is 0. The summed E-state index contributed by atoms with van der Waals surface area (Å²) in [6, 6.07) is 10.1. The predicted molar refractivity (Wildman–Crippen MR) is 95.6 cm³/mol. The van der Waals surface area contributed by atoms with Crippen molar-refractivity contribution < 1.29 is 28.4 Å². The molecule has 0 spiro atoms. The van der Waals surface area contributed by atoms with Crippen molar-refractivity contribution in [3.8, 4) is 0 Å². The highest BCUT2D eigenvalue weighted by Crippen LogP contribution is 2.37. The van der Waals surface area contributed by atoms with Gasteiger partial charge in [0.05, 0.1) is 32.0 Å². The third-order valence-corrected chi connectivity index (χ3v) is 5.02. The Morgan fingerprint density at radius 3 is 2.38 bits per heavy atom. The van der Waals surface area contributed by atoms with E-state index in [1.807, 2.05) is 44.2 Å². The molecule has 0 bridgehead atoms. The summed E-state index contributed by atoms with van der Waals surface area (Å²) in [7, 11) is 3.34. The fourth-order valence-electron chi connectivity index (χ4n) is 3.60. The van der Waals surface area contributed by atoms with E-state index in [0.29, 0.717) is 32.7 Å². The minimum atomic E-state index is -0.695. The van der Waals surface area contributed by atoms with Gasteiger partial charge in [0.25, 0.3) is 0 Å². The molecule has 3 atom stereocenters. The zero-order valence-electron chi connectivity index (χ0n) is 16.1. The van der Waals surface area contributed by atoms with Gasteiger partial charge in [0.2, 0.25) is 0 Å². The maximum Gasteiger partial charge on any atom is 0.172 e. The summed E-state index contributed by atoms with van der Waals surface area (Å²) in [5, 5.41) is 0. The highest BCUT2D eigenvalue weighted by atomic mass is 16.8. The Bertz CT molecular complexity index is 557. The Morgan fingerprint density at radius 2 is 1.77 bits per heavy atom. The van der Waals surface area contributed by atoms with E-state index in [4.69, 9.17) is 28.4 Å². The van der Waals surface area contributed by atoms with Gasteiger partial charge in [-0.2, -0.15) is 0 Å². The molecule has 6 heteroatoms. The minimum absolute atomic E-state index is 0.135. The molecule has 0 radical (unpaired) electrons. The Morgan fingerprint density at radius 1 is 1.04 bits per heavy atom. The topological polar surface area (TPSA) is 55.4 Å². The average molecular weight is 366 g/mol. The van der Waals surface area contributed by atoms with Crippen LogP contribution < -0.4 is 0 Å². The van der Waals surface area contributed by atoms with Crippen LogP contribution in [0.3, 0.4) is 0 Å². The van der Waals surface area contributed by atoms with Crippen LogP contribution in [0, 0.1) is 0 Å². The van der Waals surface area contributed by atoms with Gasteiger partial charge in [0.15, 0.2) is 11.6 Å². The van der Waals surface area contributed by atoms with Gasteiger partial charge in [-0.05, 0) is 19.4 Å². The van der Waals surface area contributed by atoms with Crippen LogP contribution in [0.25, 0.3) is 0 Å². The second-order valence-corrected chi connectivity index (χ2v) is 7.39. The molecule has 3 rings (SSSR count). The molecular weight excluding hydrogens is 336 g/mol. The summed E-state index contributed by atoms with van der Waals surface area (Å²) in [5.74, 6) is -1.28. The van der Waals surface area contributed by atoms with E-state index in [2.05, 4.69) is 0 Å². The molecule has 146 valence electrons. The van der Waals surface area contributed by atoms with Crippen LogP contribution >= 0.6 is 0 Å². The van der Waals surface area contributed by atoms with E-state index in [1.165, 1.54) is 0 Å². The van der Waals surface area contributed by atoms with Crippen molar-refractivity contribution >= 4 is 0 Å². The Labute approximate surface area is 155 Å². The zero-order chi connectivity index (χ0) is 18.6. The zero-order valence-corrected chi connectivity index (χ0v) is 16.1. The minimum Gasteiger partial charge on any atom is -0.374 e. The standard InChI is InChI=1S/C20H30O6/c1-19(2)24-14-18(26-19)17-11-20(21-3,22-4)10-16(25-17)13-23-12-15-8-6-5-7-9-15/h5-9,16-18H,10-14H2,1-4H3/t16-,17+,18-/m1/s1. The predicted octanol–water partition coefficient (Wildman–Crippen LogP) is 2.89. The molecule has 2 aliphatic heterocycles. The van der Waals surface area contributed by atoms with Crippen molar-refractivity contribution in [1.29, 1.82) is 0 Å². The van der Waals surface area contributed by atoms with Crippen molar-refractivity contribution in [3.05, 3.63) is 35.9 Å². The third kappa shape index (κ3) is 4.82. The molecular formula is C20H30O6. The van der Waals surface area contributed by atoms with Gasteiger partial charge in [-0.15, -0.1) is 0 Å². The molecule has 0 aromatic heterocycles. The highest BCUT2D eigenvalue weighted by molar-refractivity contribution is 5.13. The molecule has 6 nitrogen and oxygen atoms in total. The summed E-state index contributed by atoms with van der Waals surface area (Å²) in [6.07, 6.45) is 0.758. The maximum atomic E-state index is 6.27. The third-order valence-electron chi connectivity index (χ3n) is 5.02. The smallest absolute Gasteiger partial charge is 0.172 e. The molecule has 1 aromatic carbocycles. The van der Waals surface area contributed by atoms with Crippen LogP contribution in [-0.2, 0) is 35.0 Å². The van der Waals surface area contributed by atoms with Crippen molar-refractivity contribution in [2.24, 2.45) is 0 Å². The van der Waals surface area contributed by atoms with Gasteiger partial charge >= 0.3 is 0 Å². The lowest BCUT2D eigenvalue weighted by Gasteiger charge is -2.43. The molecule has 2 saturated heterocycles. The monoisotopic (exact) mass is 366 g/mol. The van der Waals surface area contributed by atoms with Crippen molar-refractivity contribution in [2.45, 2.75) is 63.2 Å². The first-order chi connectivity index (χ1) is 12.5. The van der Waals surface area contributed by atoms with Crippen LogP contribution in [0.4, 0.5) is 0 Å². The molecule has 2 fully saturated rings. The van der Waals surface area contributed by atoms with Gasteiger partial charge in [0, 0.05) is 27.1 Å². The second kappa shape index (κ2) is 8.33. The number of hydrogen-bond acceptors (Lipinski definition) is 6. The fraction of sp³-hybridized carbons (Fsp3) is 0.700. The van der Waals surface area contributed by atoms with E-state index in [1.54, 1.807) is 14.2 Å². The van der Waals surface area contributed by atoms with E-state index >= 15 is 0 Å². The maximum absolute atomic E-state index is 6.27. The van der Waals surface area contributed by atoms with E-state index in [9.17, 15) is 0 Å². The number of ether oxygens (including phenoxy) is 6. The lowest BCUT2D eigenvalue weighted by Crippen LogP contribution is -2.53. The Kier molecular flexibility index (Phi) is 6.33. The van der Waals surface area contributed by atoms with Crippen LogP contribution in [-0.4, -0.2) is 57.3 Å². The van der Waals surface area contributed by atoms with Crippen LogP contribution in [0.5, 0.6) is 0 Å². The van der Waals surface area contributed by atoms with Crippen molar-refractivity contribution in [2.75, 3.05) is 27.4 Å². The Balaban J connectivity index is 1.61. The molecule has 0 saturated carbocycles. The molecule has 2 heterocycles. The molecule has 0 N–H and O–H groups in total. The van der Waals surface area contributed by atoms with Crippen molar-refractivity contribution in [1.82, 2.24) is 0 Å². The quantitative estimate of drug-likeness (QED) is 0.692. The van der Waals surface area contributed by atoms with Crippen LogP contribution in [0.2, 0.25) is 0 Å².